The minimum atomic E-state index is -0.153. The quantitative estimate of drug-likeness (QED) is 0.889. The molecule has 2 aromatic rings. The van der Waals surface area contributed by atoms with Gasteiger partial charge in [0.05, 0.1) is 0 Å². The van der Waals surface area contributed by atoms with Gasteiger partial charge < -0.3 is 15.7 Å². The lowest BCUT2D eigenvalue weighted by molar-refractivity contribution is 0.0780. The van der Waals surface area contributed by atoms with Crippen LogP contribution in [0.1, 0.15) is 21.1 Å². The number of amides is 1. The van der Waals surface area contributed by atoms with Crippen LogP contribution < -0.4 is 5.73 Å². The molecule has 2 rings (SSSR count). The molecule has 1 heterocycles. The standard InChI is InChI=1S/C13H15N3O2S/c1-16(7-9-3-2-4-10(17)5-9)13(18)11-8-19-12(6-14)15-11/h2-5,8,17H,6-7,14H2,1H3. The summed E-state index contributed by atoms with van der Waals surface area (Å²) in [5.41, 5.74) is 6.75. The maximum absolute atomic E-state index is 12.1. The highest BCUT2D eigenvalue weighted by Crippen LogP contribution is 2.15. The molecule has 0 spiro atoms. The molecule has 0 unspecified atom stereocenters. The number of carbonyl (C=O) groups is 1. The maximum atomic E-state index is 12.1. The molecule has 6 heteroatoms. The molecule has 0 bridgehead atoms. The Morgan fingerprint density at radius 2 is 2.32 bits per heavy atom. The predicted molar refractivity (Wildman–Crippen MR) is 73.9 cm³/mol. The Kier molecular flexibility index (Phi) is 4.13. The predicted octanol–water partition coefficient (Wildman–Crippen LogP) is 1.58. The second-order valence-corrected chi connectivity index (χ2v) is 5.10. The zero-order valence-electron chi connectivity index (χ0n) is 10.5. The molecule has 3 N–H and O–H groups in total. The van der Waals surface area contributed by atoms with Gasteiger partial charge in [0.2, 0.25) is 0 Å². The summed E-state index contributed by atoms with van der Waals surface area (Å²) in [6, 6.07) is 6.84. The van der Waals surface area contributed by atoms with Crippen molar-refractivity contribution in [2.75, 3.05) is 7.05 Å². The molecule has 1 aromatic carbocycles. The number of hydrogen-bond donors (Lipinski definition) is 2. The topological polar surface area (TPSA) is 79.5 Å². The van der Waals surface area contributed by atoms with E-state index >= 15 is 0 Å². The summed E-state index contributed by atoms with van der Waals surface area (Å²) < 4.78 is 0. The summed E-state index contributed by atoms with van der Waals surface area (Å²) in [5.74, 6) is 0.0386. The molecule has 1 amide bonds. The zero-order valence-corrected chi connectivity index (χ0v) is 11.4. The highest BCUT2D eigenvalue weighted by molar-refractivity contribution is 7.09. The lowest BCUT2D eigenvalue weighted by Gasteiger charge is -2.16. The Balaban J connectivity index is 2.07. The summed E-state index contributed by atoms with van der Waals surface area (Å²) in [4.78, 5) is 17.9. The first-order valence-corrected chi connectivity index (χ1v) is 6.66. The van der Waals surface area contributed by atoms with Crippen molar-refractivity contribution in [3.05, 3.63) is 45.9 Å². The van der Waals surface area contributed by atoms with Crippen molar-refractivity contribution >= 4 is 17.2 Å². The molecule has 0 saturated carbocycles. The average molecular weight is 277 g/mol. The van der Waals surface area contributed by atoms with Gasteiger partial charge in [0.1, 0.15) is 16.5 Å². The summed E-state index contributed by atoms with van der Waals surface area (Å²) in [5, 5.41) is 11.8. The number of hydrogen-bond acceptors (Lipinski definition) is 5. The molecule has 0 radical (unpaired) electrons. The van der Waals surface area contributed by atoms with E-state index in [2.05, 4.69) is 4.98 Å². The fourth-order valence-electron chi connectivity index (χ4n) is 1.70. The summed E-state index contributed by atoms with van der Waals surface area (Å²) in [7, 11) is 1.70. The molecule has 0 saturated heterocycles. The Labute approximate surface area is 115 Å². The largest absolute Gasteiger partial charge is 0.508 e. The number of carbonyl (C=O) groups excluding carboxylic acids is 1. The van der Waals surface area contributed by atoms with Crippen molar-refractivity contribution in [2.45, 2.75) is 13.1 Å². The average Bonchev–Trinajstić information content (AvgIpc) is 2.86. The van der Waals surface area contributed by atoms with E-state index in [1.807, 2.05) is 6.07 Å². The minimum absolute atomic E-state index is 0.153. The Bertz CT molecular complexity index is 583. The molecular formula is C13H15N3O2S. The van der Waals surface area contributed by atoms with Crippen LogP contribution in [-0.2, 0) is 13.1 Å². The van der Waals surface area contributed by atoms with E-state index in [0.717, 1.165) is 10.6 Å². The number of aromatic hydroxyl groups is 1. The van der Waals surface area contributed by atoms with Crippen molar-refractivity contribution in [3.8, 4) is 5.75 Å². The van der Waals surface area contributed by atoms with Gasteiger partial charge in [-0.25, -0.2) is 4.98 Å². The molecule has 100 valence electrons. The molecular weight excluding hydrogens is 262 g/mol. The smallest absolute Gasteiger partial charge is 0.273 e. The first-order valence-electron chi connectivity index (χ1n) is 5.78. The van der Waals surface area contributed by atoms with E-state index in [-0.39, 0.29) is 11.7 Å². The summed E-state index contributed by atoms with van der Waals surface area (Å²) in [6.45, 7) is 0.761. The molecule has 0 aliphatic heterocycles. The van der Waals surface area contributed by atoms with Crippen LogP contribution >= 0.6 is 11.3 Å². The lowest BCUT2D eigenvalue weighted by atomic mass is 10.2. The van der Waals surface area contributed by atoms with E-state index in [9.17, 15) is 9.90 Å². The molecule has 0 aliphatic rings. The van der Waals surface area contributed by atoms with Crippen molar-refractivity contribution in [3.63, 3.8) is 0 Å². The second-order valence-electron chi connectivity index (χ2n) is 4.16. The van der Waals surface area contributed by atoms with Gasteiger partial charge in [-0.05, 0) is 17.7 Å². The Morgan fingerprint density at radius 3 is 2.95 bits per heavy atom. The number of phenolic OH excluding ortho intramolecular Hbond substituents is 1. The molecule has 0 atom stereocenters. The van der Waals surface area contributed by atoms with Gasteiger partial charge in [-0.1, -0.05) is 12.1 Å². The van der Waals surface area contributed by atoms with Crippen LogP contribution in [0.25, 0.3) is 0 Å². The van der Waals surface area contributed by atoms with Gasteiger partial charge in [-0.15, -0.1) is 11.3 Å². The fourth-order valence-corrected chi connectivity index (χ4v) is 2.35. The Morgan fingerprint density at radius 1 is 1.53 bits per heavy atom. The summed E-state index contributed by atoms with van der Waals surface area (Å²) in [6.07, 6.45) is 0. The van der Waals surface area contributed by atoms with E-state index in [1.165, 1.54) is 11.3 Å². The van der Waals surface area contributed by atoms with E-state index in [1.54, 1.807) is 35.5 Å². The molecule has 19 heavy (non-hydrogen) atoms. The van der Waals surface area contributed by atoms with Crippen LogP contribution in [0.15, 0.2) is 29.6 Å². The molecule has 0 fully saturated rings. The van der Waals surface area contributed by atoms with Crippen LogP contribution in [-0.4, -0.2) is 27.9 Å². The number of rotatable bonds is 4. The van der Waals surface area contributed by atoms with Gasteiger partial charge >= 0.3 is 0 Å². The molecule has 5 nitrogen and oxygen atoms in total. The number of thiazole rings is 1. The van der Waals surface area contributed by atoms with Gasteiger partial charge in [-0.3, -0.25) is 4.79 Å². The highest BCUT2D eigenvalue weighted by Gasteiger charge is 2.15. The lowest BCUT2D eigenvalue weighted by Crippen LogP contribution is -2.26. The van der Waals surface area contributed by atoms with Crippen LogP contribution in [0, 0.1) is 0 Å². The number of nitrogens with two attached hydrogens (primary N) is 1. The SMILES string of the molecule is CN(Cc1cccc(O)c1)C(=O)c1csc(CN)n1. The normalized spacial score (nSPS) is 10.4. The number of aromatic nitrogens is 1. The highest BCUT2D eigenvalue weighted by atomic mass is 32.1. The first kappa shape index (κ1) is 13.5. The molecule has 1 aromatic heterocycles. The summed E-state index contributed by atoms with van der Waals surface area (Å²) >= 11 is 1.38. The monoisotopic (exact) mass is 277 g/mol. The van der Waals surface area contributed by atoms with Crippen LogP contribution in [0.4, 0.5) is 0 Å². The fraction of sp³-hybridized carbons (Fsp3) is 0.231. The number of nitrogens with zero attached hydrogens (tertiary/aromatic N) is 2. The molecule has 0 aliphatic carbocycles. The van der Waals surface area contributed by atoms with Crippen LogP contribution in [0.3, 0.4) is 0 Å². The van der Waals surface area contributed by atoms with Gasteiger partial charge in [-0.2, -0.15) is 0 Å². The number of phenols is 1. The maximum Gasteiger partial charge on any atom is 0.273 e. The third kappa shape index (κ3) is 3.30. The van der Waals surface area contributed by atoms with Crippen molar-refractivity contribution < 1.29 is 9.90 Å². The second kappa shape index (κ2) is 5.81. The minimum Gasteiger partial charge on any atom is -0.508 e. The van der Waals surface area contributed by atoms with Crippen molar-refractivity contribution in [1.29, 1.82) is 0 Å². The van der Waals surface area contributed by atoms with E-state index in [4.69, 9.17) is 5.73 Å². The van der Waals surface area contributed by atoms with E-state index < -0.39 is 0 Å². The van der Waals surface area contributed by atoms with E-state index in [0.29, 0.717) is 18.8 Å². The third-order valence-corrected chi connectivity index (χ3v) is 3.49. The number of benzene rings is 1. The Hall–Kier alpha value is -1.92. The first-order chi connectivity index (χ1) is 9.10. The van der Waals surface area contributed by atoms with Gasteiger partial charge in [0.15, 0.2) is 0 Å². The van der Waals surface area contributed by atoms with Crippen molar-refractivity contribution in [2.24, 2.45) is 5.73 Å². The van der Waals surface area contributed by atoms with Gasteiger partial charge in [0.25, 0.3) is 5.91 Å². The van der Waals surface area contributed by atoms with Crippen LogP contribution in [0.2, 0.25) is 0 Å². The third-order valence-electron chi connectivity index (χ3n) is 2.62. The van der Waals surface area contributed by atoms with Crippen LogP contribution in [0.5, 0.6) is 5.75 Å². The van der Waals surface area contributed by atoms with Crippen molar-refractivity contribution in [1.82, 2.24) is 9.88 Å². The zero-order chi connectivity index (χ0) is 13.8. The van der Waals surface area contributed by atoms with Gasteiger partial charge in [0, 0.05) is 25.5 Å².